The molecule has 0 bridgehead atoms. The molecule has 2 saturated heterocycles. The van der Waals surface area contributed by atoms with Crippen molar-refractivity contribution in [1.29, 1.82) is 0 Å². The summed E-state index contributed by atoms with van der Waals surface area (Å²) in [5.41, 5.74) is 2.13. The maximum absolute atomic E-state index is 13.6. The normalized spacial score (nSPS) is 21.4. The molecule has 10 heteroatoms. The van der Waals surface area contributed by atoms with Gasteiger partial charge in [-0.2, -0.15) is 4.31 Å². The van der Waals surface area contributed by atoms with Crippen LogP contribution in [0.15, 0.2) is 53.6 Å². The highest BCUT2D eigenvalue weighted by Crippen LogP contribution is 2.28. The van der Waals surface area contributed by atoms with Crippen molar-refractivity contribution in [2.45, 2.75) is 50.1 Å². The van der Waals surface area contributed by atoms with E-state index in [-0.39, 0.29) is 10.8 Å². The summed E-state index contributed by atoms with van der Waals surface area (Å²) in [6.07, 6.45) is 5.25. The van der Waals surface area contributed by atoms with E-state index >= 15 is 0 Å². The predicted octanol–water partition coefficient (Wildman–Crippen LogP) is 3.31. The summed E-state index contributed by atoms with van der Waals surface area (Å²) < 4.78 is 33.4. The smallest absolute Gasteiger partial charge is 0.252 e. The van der Waals surface area contributed by atoms with Gasteiger partial charge in [-0.05, 0) is 63.1 Å². The van der Waals surface area contributed by atoms with Gasteiger partial charge in [-0.15, -0.1) is 0 Å². The standard InChI is InChI=1S/C28H35N5O4S/c1-20-6-5-7-21(2)33(20)13-12-30-28(34)24-19-27(26-8-3-4-11-29-26)31-25-10-9-22(18-23(24)25)38(35,36)32-14-16-37-17-15-32/h3-4,8-11,18-21H,5-7,12-17H2,1-2H3,(H,30,34)/t20-,21-/m0/s1. The number of hydrogen-bond acceptors (Lipinski definition) is 7. The molecule has 1 aromatic carbocycles. The summed E-state index contributed by atoms with van der Waals surface area (Å²) in [6.45, 7) is 7.08. The number of carbonyl (C=O) groups excluding carboxylic acids is 1. The Balaban J connectivity index is 1.47. The van der Waals surface area contributed by atoms with Crippen molar-refractivity contribution < 1.29 is 17.9 Å². The van der Waals surface area contributed by atoms with Gasteiger partial charge in [0.15, 0.2) is 0 Å². The second-order valence-electron chi connectivity index (χ2n) is 10.1. The number of rotatable bonds is 7. The number of amides is 1. The Morgan fingerprint density at radius 1 is 1.05 bits per heavy atom. The summed E-state index contributed by atoms with van der Waals surface area (Å²) in [7, 11) is -3.73. The van der Waals surface area contributed by atoms with Gasteiger partial charge >= 0.3 is 0 Å². The van der Waals surface area contributed by atoms with Crippen LogP contribution in [0.5, 0.6) is 0 Å². The second kappa shape index (κ2) is 11.4. The fourth-order valence-corrected chi connectivity index (χ4v) is 6.88. The van der Waals surface area contributed by atoms with Crippen LogP contribution in [0.3, 0.4) is 0 Å². The Morgan fingerprint density at radius 3 is 2.53 bits per heavy atom. The van der Waals surface area contributed by atoms with Gasteiger partial charge in [-0.1, -0.05) is 12.5 Å². The Bertz CT molecular complexity index is 1380. The molecule has 2 fully saturated rings. The van der Waals surface area contributed by atoms with E-state index in [1.807, 2.05) is 18.2 Å². The van der Waals surface area contributed by atoms with Gasteiger partial charge in [0.1, 0.15) is 0 Å². The van der Waals surface area contributed by atoms with E-state index in [0.717, 1.165) is 6.54 Å². The number of ether oxygens (including phenoxy) is 1. The molecular formula is C28H35N5O4S. The molecule has 4 heterocycles. The lowest BCUT2D eigenvalue weighted by atomic mass is 9.98. The monoisotopic (exact) mass is 537 g/mol. The minimum Gasteiger partial charge on any atom is -0.379 e. The highest BCUT2D eigenvalue weighted by atomic mass is 32.2. The van der Waals surface area contributed by atoms with E-state index < -0.39 is 10.0 Å². The molecule has 1 N–H and O–H groups in total. The first kappa shape index (κ1) is 26.7. The van der Waals surface area contributed by atoms with E-state index in [1.165, 1.54) is 23.6 Å². The molecule has 202 valence electrons. The molecule has 0 radical (unpaired) electrons. The van der Waals surface area contributed by atoms with E-state index in [4.69, 9.17) is 9.72 Å². The third-order valence-electron chi connectivity index (χ3n) is 7.59. The van der Waals surface area contributed by atoms with Gasteiger partial charge in [0.2, 0.25) is 10.0 Å². The lowest BCUT2D eigenvalue weighted by Crippen LogP contribution is -2.47. The molecule has 0 spiro atoms. The van der Waals surface area contributed by atoms with Crippen molar-refractivity contribution in [3.05, 3.63) is 54.2 Å². The Kier molecular flexibility index (Phi) is 8.04. The van der Waals surface area contributed by atoms with Crippen LogP contribution in [-0.2, 0) is 14.8 Å². The van der Waals surface area contributed by atoms with Crippen LogP contribution in [-0.4, -0.2) is 85.0 Å². The van der Waals surface area contributed by atoms with Crippen molar-refractivity contribution in [3.63, 3.8) is 0 Å². The number of piperidine rings is 1. The number of fused-ring (bicyclic) bond motifs is 1. The Hall–Kier alpha value is -2.92. The number of morpholine rings is 1. The van der Waals surface area contributed by atoms with Crippen LogP contribution in [0, 0.1) is 0 Å². The van der Waals surface area contributed by atoms with Crippen molar-refractivity contribution >= 4 is 26.8 Å². The number of likely N-dealkylation sites (tertiary alicyclic amines) is 1. The highest BCUT2D eigenvalue weighted by Gasteiger charge is 2.28. The average molecular weight is 538 g/mol. The largest absolute Gasteiger partial charge is 0.379 e. The quantitative estimate of drug-likeness (QED) is 0.493. The molecule has 2 aromatic heterocycles. The number of sulfonamides is 1. The lowest BCUT2D eigenvalue weighted by molar-refractivity contribution is 0.0730. The molecule has 0 unspecified atom stereocenters. The van der Waals surface area contributed by atoms with Crippen LogP contribution in [0.4, 0.5) is 0 Å². The van der Waals surface area contributed by atoms with E-state index in [9.17, 15) is 13.2 Å². The predicted molar refractivity (Wildman–Crippen MR) is 146 cm³/mol. The number of hydrogen-bond donors (Lipinski definition) is 1. The zero-order valence-electron chi connectivity index (χ0n) is 22.0. The first-order valence-corrected chi connectivity index (χ1v) is 14.8. The molecule has 9 nitrogen and oxygen atoms in total. The topological polar surface area (TPSA) is 105 Å². The zero-order valence-corrected chi connectivity index (χ0v) is 22.8. The van der Waals surface area contributed by atoms with Gasteiger partial charge < -0.3 is 10.1 Å². The summed E-state index contributed by atoms with van der Waals surface area (Å²) >= 11 is 0. The summed E-state index contributed by atoms with van der Waals surface area (Å²) in [6, 6.07) is 13.0. The number of nitrogens with zero attached hydrogens (tertiary/aromatic N) is 4. The molecule has 3 aromatic rings. The third kappa shape index (κ3) is 5.58. The first-order valence-electron chi connectivity index (χ1n) is 13.3. The van der Waals surface area contributed by atoms with Gasteiger partial charge in [0.05, 0.1) is 40.6 Å². The Morgan fingerprint density at radius 2 is 1.82 bits per heavy atom. The van der Waals surface area contributed by atoms with Crippen LogP contribution < -0.4 is 5.32 Å². The molecular weight excluding hydrogens is 502 g/mol. The van der Waals surface area contributed by atoms with E-state index in [2.05, 4.69) is 29.0 Å². The van der Waals surface area contributed by atoms with Gasteiger partial charge in [0, 0.05) is 49.8 Å². The lowest BCUT2D eigenvalue weighted by Gasteiger charge is -2.39. The number of carbonyl (C=O) groups is 1. The molecule has 0 saturated carbocycles. The number of benzene rings is 1. The van der Waals surface area contributed by atoms with Gasteiger partial charge in [0.25, 0.3) is 5.91 Å². The van der Waals surface area contributed by atoms with E-state index in [0.29, 0.717) is 72.8 Å². The maximum Gasteiger partial charge on any atom is 0.252 e. The molecule has 38 heavy (non-hydrogen) atoms. The summed E-state index contributed by atoms with van der Waals surface area (Å²) in [5.74, 6) is -0.257. The van der Waals surface area contributed by atoms with Crippen molar-refractivity contribution in [1.82, 2.24) is 24.5 Å². The van der Waals surface area contributed by atoms with Crippen LogP contribution >= 0.6 is 0 Å². The van der Waals surface area contributed by atoms with Crippen LogP contribution in [0.2, 0.25) is 0 Å². The van der Waals surface area contributed by atoms with Crippen LogP contribution in [0.1, 0.15) is 43.5 Å². The van der Waals surface area contributed by atoms with Crippen molar-refractivity contribution in [2.24, 2.45) is 0 Å². The first-order chi connectivity index (χ1) is 18.3. The minimum absolute atomic E-state index is 0.143. The van der Waals surface area contributed by atoms with Crippen molar-refractivity contribution in [3.8, 4) is 11.4 Å². The molecule has 2 atom stereocenters. The maximum atomic E-state index is 13.6. The van der Waals surface area contributed by atoms with Gasteiger partial charge in [-0.25, -0.2) is 13.4 Å². The molecule has 5 rings (SSSR count). The third-order valence-corrected chi connectivity index (χ3v) is 9.49. The molecule has 2 aliphatic heterocycles. The van der Waals surface area contributed by atoms with Gasteiger partial charge in [-0.3, -0.25) is 14.7 Å². The number of nitrogens with one attached hydrogen (secondary N) is 1. The zero-order chi connectivity index (χ0) is 26.7. The highest BCUT2D eigenvalue weighted by molar-refractivity contribution is 7.89. The summed E-state index contributed by atoms with van der Waals surface area (Å²) in [4.78, 5) is 25.3. The molecule has 1 amide bonds. The minimum atomic E-state index is -3.73. The average Bonchev–Trinajstić information content (AvgIpc) is 2.94. The number of aromatic nitrogens is 2. The SMILES string of the molecule is C[C@H]1CCC[C@H](C)N1CCNC(=O)c1cc(-c2ccccn2)nc2ccc(S(=O)(=O)N3CCOCC3)cc12. The summed E-state index contributed by atoms with van der Waals surface area (Å²) in [5, 5.41) is 3.57. The Labute approximate surface area is 224 Å². The number of pyridine rings is 2. The van der Waals surface area contributed by atoms with Crippen molar-refractivity contribution in [2.75, 3.05) is 39.4 Å². The fourth-order valence-electron chi connectivity index (χ4n) is 5.44. The van der Waals surface area contributed by atoms with Crippen LogP contribution in [0.25, 0.3) is 22.3 Å². The second-order valence-corrected chi connectivity index (χ2v) is 12.0. The fraction of sp³-hybridized carbons (Fsp3) is 0.464. The molecule has 2 aliphatic rings. The molecule has 0 aliphatic carbocycles. The van der Waals surface area contributed by atoms with E-state index in [1.54, 1.807) is 30.5 Å².